The number of phenolic OH excluding ortho intramolecular Hbond substituents is 2. The summed E-state index contributed by atoms with van der Waals surface area (Å²) in [5.74, 6) is 0.763. The lowest BCUT2D eigenvalue weighted by Gasteiger charge is -2.44. The molecule has 0 aliphatic carbocycles. The Bertz CT molecular complexity index is 1430. The Morgan fingerprint density at radius 1 is 0.410 bits per heavy atom. The Hall–Kier alpha value is -1.21. The van der Waals surface area contributed by atoms with Crippen LogP contribution in [0.2, 0.25) is 74.5 Å². The van der Waals surface area contributed by atoms with E-state index in [2.05, 4.69) is 78.4 Å². The van der Waals surface area contributed by atoms with Crippen molar-refractivity contribution in [1.82, 2.24) is 0 Å². The lowest BCUT2D eigenvalue weighted by atomic mass is 10.0. The molecule has 0 aliphatic rings. The molecule has 0 saturated heterocycles. The van der Waals surface area contributed by atoms with Crippen molar-refractivity contribution in [3.05, 3.63) is 59.7 Å². The Morgan fingerprint density at radius 3 is 1.07 bits per heavy atom. The predicted molar refractivity (Wildman–Crippen MR) is 277 cm³/mol. The first-order valence-corrected chi connectivity index (χ1v) is 37.2. The van der Waals surface area contributed by atoms with E-state index < -0.39 is 33.3 Å². The second kappa shape index (κ2) is 29.3. The number of hydrogen-bond donors (Lipinski definition) is 2. The molecule has 0 amide bonds. The molecule has 4 atom stereocenters. The molecule has 352 valence electrons. The summed E-state index contributed by atoms with van der Waals surface area (Å²) in [5.41, 5.74) is 5.28. The third-order valence-electron chi connectivity index (χ3n) is 14.9. The molecule has 2 aromatic rings. The Balaban J connectivity index is 2.03. The monoisotopic (exact) mass is 915 g/mol. The number of phenols is 2. The topological polar surface area (TPSA) is 68.2 Å². The third-order valence-corrected chi connectivity index (χ3v) is 31.4. The summed E-state index contributed by atoms with van der Waals surface area (Å²) in [4.78, 5) is 0. The van der Waals surface area contributed by atoms with Crippen LogP contribution in [0, 0.1) is 0 Å². The Kier molecular flexibility index (Phi) is 26.9. The average molecular weight is 916 g/mol. The summed E-state index contributed by atoms with van der Waals surface area (Å²) < 4.78 is 20.4. The van der Waals surface area contributed by atoms with Crippen LogP contribution in [0.1, 0.15) is 166 Å². The van der Waals surface area contributed by atoms with Gasteiger partial charge in [-0.2, -0.15) is 0 Å². The van der Waals surface area contributed by atoms with Crippen LogP contribution in [0.4, 0.5) is 0 Å². The van der Waals surface area contributed by atoms with E-state index in [4.69, 9.17) is 13.0 Å². The number of aryl methyl sites for hydroxylation is 2. The van der Waals surface area contributed by atoms with Crippen molar-refractivity contribution in [2.75, 3.05) is 14.2 Å². The smallest absolute Gasteiger partial charge is 0.189 e. The highest BCUT2D eigenvalue weighted by molar-refractivity contribution is 6.86. The number of benzene rings is 2. The minimum atomic E-state index is -2.02. The van der Waals surface area contributed by atoms with Crippen LogP contribution < -0.4 is 0 Å². The molecular weight excluding hydrogens is 817 g/mol. The molecule has 2 rings (SSSR count). The molecule has 0 bridgehead atoms. The van der Waals surface area contributed by atoms with Crippen LogP contribution in [0.25, 0.3) is 0 Å². The molecule has 0 aliphatic heterocycles. The minimum absolute atomic E-state index is 0.381. The lowest BCUT2D eigenvalue weighted by Crippen LogP contribution is -2.50. The molecule has 9 heteroatoms. The van der Waals surface area contributed by atoms with Gasteiger partial charge in [0.2, 0.25) is 0 Å². The van der Waals surface area contributed by atoms with Gasteiger partial charge in [-0.05, 0) is 136 Å². The van der Waals surface area contributed by atoms with Crippen molar-refractivity contribution in [2.45, 2.75) is 242 Å². The van der Waals surface area contributed by atoms with Gasteiger partial charge in [-0.25, -0.2) is 0 Å². The highest BCUT2D eigenvalue weighted by Gasteiger charge is 2.44. The zero-order chi connectivity index (χ0) is 45.4. The first-order chi connectivity index (χ1) is 28.9. The molecule has 5 nitrogen and oxygen atoms in total. The van der Waals surface area contributed by atoms with Crippen LogP contribution >= 0.6 is 0 Å². The third kappa shape index (κ3) is 22.0. The van der Waals surface area contributed by atoms with Crippen LogP contribution in [0.5, 0.6) is 11.5 Å². The van der Waals surface area contributed by atoms with Crippen LogP contribution in [-0.4, -0.2) is 57.7 Å². The zero-order valence-electron chi connectivity index (χ0n) is 42.0. The average Bonchev–Trinajstić information content (AvgIpc) is 3.20. The molecule has 2 aromatic carbocycles. The predicted octanol–water partition coefficient (Wildman–Crippen LogP) is 17.1. The maximum Gasteiger partial charge on any atom is 0.189 e. The Labute approximate surface area is 382 Å². The van der Waals surface area contributed by atoms with E-state index in [0.717, 1.165) is 12.8 Å². The minimum Gasteiger partial charge on any atom is -0.508 e. The Morgan fingerprint density at radius 2 is 0.721 bits per heavy atom. The molecule has 0 heterocycles. The van der Waals surface area contributed by atoms with E-state index in [1.165, 1.54) is 152 Å². The maximum atomic E-state index is 9.82. The van der Waals surface area contributed by atoms with E-state index in [1.807, 2.05) is 38.5 Å². The van der Waals surface area contributed by atoms with E-state index in [9.17, 15) is 10.2 Å². The summed E-state index contributed by atoms with van der Waals surface area (Å²) in [6, 6.07) is 15.5. The molecular formula is C52H98O5Si4. The highest BCUT2D eigenvalue weighted by Crippen LogP contribution is 2.45. The van der Waals surface area contributed by atoms with Gasteiger partial charge in [0.05, 0.1) is 0 Å². The van der Waals surface area contributed by atoms with E-state index in [1.54, 1.807) is 12.1 Å². The molecule has 0 fully saturated rings. The van der Waals surface area contributed by atoms with Crippen LogP contribution in [0.15, 0.2) is 48.5 Å². The van der Waals surface area contributed by atoms with Crippen molar-refractivity contribution in [2.24, 2.45) is 0 Å². The van der Waals surface area contributed by atoms with E-state index >= 15 is 0 Å². The number of hydrogen-bond acceptors (Lipinski definition) is 5. The molecule has 4 unspecified atom stereocenters. The second-order valence-electron chi connectivity index (χ2n) is 21.1. The first-order valence-electron chi connectivity index (χ1n) is 25.3. The van der Waals surface area contributed by atoms with Crippen LogP contribution in [-0.2, 0) is 25.8 Å². The summed E-state index contributed by atoms with van der Waals surface area (Å²) in [6.07, 6.45) is 30.4. The van der Waals surface area contributed by atoms with Gasteiger partial charge in [0.1, 0.15) is 11.5 Å². The number of aromatic hydroxyl groups is 2. The molecule has 61 heavy (non-hydrogen) atoms. The standard InChI is InChI=1S/C52H98O5Si4/c1-13-29-49(58(5,6)55-3)39-42-52(38-26-22-18-16-20-24-32-46-34-28-36-48(54)44-46)61(11,12)57-60(9,10)50(30-14-2)40-41-51(59(7,8)56-4)37-25-21-17-15-19-23-31-45-33-27-35-47(53)43-45/h27-28,33-36,43-44,49-54H,13-26,29-32,37-42H2,1-12H3. The SMILES string of the molecule is CCCC(CCC(CCCCCCCCc1cccc(O)c1)[Si](C)(C)O[Si](C)(C)C(CCC)CCC(CCCCCCCCc1cccc(O)c1)[Si](C)(C)OC)[Si](C)(C)OC. The fraction of sp³-hybridized carbons (Fsp3) is 0.769. The molecule has 0 spiro atoms. The van der Waals surface area contributed by atoms with Gasteiger partial charge in [0, 0.05) is 14.2 Å². The maximum absolute atomic E-state index is 9.82. The van der Waals surface area contributed by atoms with Crippen molar-refractivity contribution in [1.29, 1.82) is 0 Å². The van der Waals surface area contributed by atoms with Crippen molar-refractivity contribution >= 4 is 33.3 Å². The second-order valence-corrected chi connectivity index (χ2v) is 38.8. The van der Waals surface area contributed by atoms with Crippen LogP contribution in [0.3, 0.4) is 0 Å². The fourth-order valence-electron chi connectivity index (χ4n) is 10.3. The van der Waals surface area contributed by atoms with Gasteiger partial charge < -0.3 is 23.2 Å². The largest absolute Gasteiger partial charge is 0.508 e. The van der Waals surface area contributed by atoms with Gasteiger partial charge >= 0.3 is 0 Å². The fourth-order valence-corrected chi connectivity index (χ4v) is 25.0. The zero-order valence-corrected chi connectivity index (χ0v) is 46.0. The summed E-state index contributed by atoms with van der Waals surface area (Å²) in [6.45, 7) is 24.9. The quantitative estimate of drug-likeness (QED) is 0.0527. The summed E-state index contributed by atoms with van der Waals surface area (Å²) >= 11 is 0. The highest BCUT2D eigenvalue weighted by atomic mass is 28.4. The number of rotatable bonds is 36. The van der Waals surface area contributed by atoms with Crippen molar-refractivity contribution in [3.8, 4) is 11.5 Å². The van der Waals surface area contributed by atoms with Crippen molar-refractivity contribution in [3.63, 3.8) is 0 Å². The lowest BCUT2D eigenvalue weighted by molar-refractivity contribution is 0.370. The van der Waals surface area contributed by atoms with Gasteiger partial charge in [0.25, 0.3) is 0 Å². The molecule has 0 aromatic heterocycles. The molecule has 2 N–H and O–H groups in total. The first kappa shape index (κ1) is 55.9. The normalized spacial score (nSPS) is 14.9. The molecule has 0 radical (unpaired) electrons. The summed E-state index contributed by atoms with van der Waals surface area (Å²) in [5, 5.41) is 19.6. The van der Waals surface area contributed by atoms with E-state index in [0.29, 0.717) is 33.7 Å². The van der Waals surface area contributed by atoms with Gasteiger partial charge in [-0.3, -0.25) is 0 Å². The van der Waals surface area contributed by atoms with E-state index in [-0.39, 0.29) is 0 Å². The van der Waals surface area contributed by atoms with Gasteiger partial charge in [0.15, 0.2) is 33.3 Å². The van der Waals surface area contributed by atoms with Crippen molar-refractivity contribution < 1.29 is 23.2 Å². The van der Waals surface area contributed by atoms with Gasteiger partial charge in [-0.1, -0.05) is 167 Å². The summed E-state index contributed by atoms with van der Waals surface area (Å²) in [7, 11) is -3.60. The number of unbranched alkanes of at least 4 members (excludes halogenated alkanes) is 10. The molecule has 0 saturated carbocycles. The van der Waals surface area contributed by atoms with Gasteiger partial charge in [-0.15, -0.1) is 0 Å².